The highest BCUT2D eigenvalue weighted by Crippen LogP contribution is 2.64. The van der Waals surface area contributed by atoms with E-state index in [2.05, 4.69) is 21.3 Å². The number of aliphatic hydroxyl groups is 3. The first-order chi connectivity index (χ1) is 47.9. The summed E-state index contributed by atoms with van der Waals surface area (Å²) >= 11 is 0. The summed E-state index contributed by atoms with van der Waals surface area (Å²) < 4.78 is 41.9. The molecule has 554 valence electrons. The number of ether oxygens (including phenoxy) is 7. The number of aliphatic hydroxyl groups excluding tert-OH is 2. The van der Waals surface area contributed by atoms with Gasteiger partial charge in [-0.25, -0.2) is 19.2 Å². The number of alkyl carbamates (subject to hydrolysis) is 1. The number of Topliss-reactive ketones (excluding diaryl/α,β-unsaturated/α-hetero) is 1. The molecule has 0 aromatic heterocycles. The predicted molar refractivity (Wildman–Crippen MR) is 363 cm³/mol. The SMILES string of the molecule is CC(=O)O[C@@]12CO[C@@H]1C[C@H](O)[C@@]1(C)C(=O)[C@H](O)C3=C(C)[C@@H](OC(=O)[C@H](OC(=O)OCc4ccc(NC(=O)[C@H](CCCCC(N)=O)NC(=O)[C@@H](NC(=O)CCCCCN5C(=O)CC(C)C5=O)C(C)C)cc4)[C@@H](NC(=O)OC(C)(C)C)c4ccccc4)C[C@@](O)([C@@H](OC(=O)c4ccccc4)[C@H]21)C3(C)C. The number of nitrogens with one attached hydrogen (secondary N) is 4. The Balaban J connectivity index is 1.03. The minimum Gasteiger partial charge on any atom is -0.455 e. The number of primary amides is 1. The van der Waals surface area contributed by atoms with Crippen LogP contribution in [0.25, 0.3) is 0 Å². The summed E-state index contributed by atoms with van der Waals surface area (Å²) in [6, 6.07) is 17.6. The Hall–Kier alpha value is -9.12. The molecule has 5 aliphatic rings. The third-order valence-electron chi connectivity index (χ3n) is 20.2. The van der Waals surface area contributed by atoms with Crippen molar-refractivity contribution in [1.29, 1.82) is 0 Å². The van der Waals surface area contributed by atoms with Crippen molar-refractivity contribution in [3.8, 4) is 0 Å². The molecule has 102 heavy (non-hydrogen) atoms. The van der Waals surface area contributed by atoms with Gasteiger partial charge in [0, 0.05) is 62.6 Å². The lowest BCUT2D eigenvalue weighted by atomic mass is 9.44. The standard InChI is InChI=1S/C74H96N6O22/c1-40(2)56(78-53(84)29-19-14-22-34-80-54(85)35-41(3)65(80)90)64(89)77-48(27-20-21-28-52(75)83)63(88)76-47-32-30-44(31-33-47)38-96-69(94)99-59(57(45-23-15-12-16-24-45)79-68(93)102-70(6,7)8)67(92)98-49-37-74(95)62(100-66(91)46-25-17-13-18-26-46)60-72(11,61(87)58(86)55(42(49)4)71(74,9)10)50(82)36-51-73(60,39-97-51)101-43(5)81/h12-13,15-18,23-26,30-33,40-41,48-51,56-60,62,82,86,95H,14,19-22,27-29,34-39H2,1-11H3,(H2,75,83)(H,76,88)(H,77,89)(H,78,84)(H,79,93)/t41?,48-,49-,50-,51+,56-,57-,58+,59+,60-,62-,72+,73-,74+/m0/s1. The molecule has 7 amide bonds. The van der Waals surface area contributed by atoms with Crippen molar-refractivity contribution in [3.05, 3.63) is 113 Å². The molecule has 28 nitrogen and oxygen atoms in total. The van der Waals surface area contributed by atoms with Crippen molar-refractivity contribution >= 4 is 77.1 Å². The number of benzene rings is 3. The van der Waals surface area contributed by atoms with E-state index in [1.165, 1.54) is 81.1 Å². The van der Waals surface area contributed by atoms with Gasteiger partial charge in [0.05, 0.1) is 29.6 Å². The molecule has 8 rings (SSSR count). The topological polar surface area (TPSA) is 408 Å². The number of carbonyl (C=O) groups excluding carboxylic acids is 12. The summed E-state index contributed by atoms with van der Waals surface area (Å²) in [7, 11) is 0. The lowest BCUT2D eigenvalue weighted by Gasteiger charge is -2.67. The number of nitrogens with two attached hydrogens (primary N) is 1. The summed E-state index contributed by atoms with van der Waals surface area (Å²) in [6.45, 7) is 16.2. The van der Waals surface area contributed by atoms with Crippen molar-refractivity contribution in [3.63, 3.8) is 0 Å². The Morgan fingerprint density at radius 3 is 2.04 bits per heavy atom. The van der Waals surface area contributed by atoms with E-state index in [-0.39, 0.29) is 90.9 Å². The first-order valence-corrected chi connectivity index (χ1v) is 34.6. The number of hydrogen-bond donors (Lipinski definition) is 8. The number of rotatable bonds is 28. The van der Waals surface area contributed by atoms with E-state index in [0.717, 1.165) is 6.92 Å². The van der Waals surface area contributed by atoms with E-state index in [1.54, 1.807) is 77.9 Å². The lowest BCUT2D eigenvalue weighted by Crippen LogP contribution is -2.81. The van der Waals surface area contributed by atoms with E-state index in [9.17, 15) is 63.3 Å². The van der Waals surface area contributed by atoms with Gasteiger partial charge < -0.3 is 75.5 Å². The van der Waals surface area contributed by atoms with Crippen molar-refractivity contribution in [2.75, 3.05) is 18.5 Å². The minimum atomic E-state index is -2.54. The van der Waals surface area contributed by atoms with Gasteiger partial charge in [0.2, 0.25) is 41.5 Å². The summed E-state index contributed by atoms with van der Waals surface area (Å²) in [4.78, 5) is 165. The number of hydrogen-bond acceptors (Lipinski definition) is 22. The molecule has 2 aliphatic heterocycles. The summed E-state index contributed by atoms with van der Waals surface area (Å²) in [5.41, 5.74) is -3.47. The molecule has 9 N–H and O–H groups in total. The number of anilines is 1. The normalized spacial score (nSPS) is 26.2. The smallest absolute Gasteiger partial charge is 0.455 e. The predicted octanol–water partition coefficient (Wildman–Crippen LogP) is 6.19. The fourth-order valence-electron chi connectivity index (χ4n) is 14.6. The Kier molecular flexibility index (Phi) is 25.0. The van der Waals surface area contributed by atoms with Gasteiger partial charge in [0.25, 0.3) is 0 Å². The maximum absolute atomic E-state index is 15.4. The van der Waals surface area contributed by atoms with Gasteiger partial charge in [-0.3, -0.25) is 43.3 Å². The number of esters is 3. The molecule has 2 saturated heterocycles. The summed E-state index contributed by atoms with van der Waals surface area (Å²) in [5.74, 6) is -9.34. The summed E-state index contributed by atoms with van der Waals surface area (Å²) in [5, 5.41) is 49.6. The van der Waals surface area contributed by atoms with E-state index in [4.69, 9.17) is 38.9 Å². The van der Waals surface area contributed by atoms with Crippen LogP contribution >= 0.6 is 0 Å². The highest BCUT2D eigenvalue weighted by molar-refractivity contribution is 6.03. The molecule has 2 saturated carbocycles. The van der Waals surface area contributed by atoms with Crippen LogP contribution in [0.1, 0.15) is 174 Å². The number of imide groups is 1. The van der Waals surface area contributed by atoms with Gasteiger partial charge in [-0.2, -0.15) is 0 Å². The molecule has 3 aromatic rings. The third kappa shape index (κ3) is 17.5. The monoisotopic (exact) mass is 1420 g/mol. The number of unbranched alkanes of at least 4 members (excludes halogenated alkanes) is 3. The molecule has 3 aromatic carbocycles. The van der Waals surface area contributed by atoms with Crippen LogP contribution in [0.5, 0.6) is 0 Å². The zero-order valence-electron chi connectivity index (χ0n) is 59.5. The van der Waals surface area contributed by atoms with Gasteiger partial charge in [-0.05, 0) is 113 Å². The van der Waals surface area contributed by atoms with Crippen molar-refractivity contribution in [1.82, 2.24) is 20.9 Å². The van der Waals surface area contributed by atoms with Crippen LogP contribution in [0.4, 0.5) is 15.3 Å². The van der Waals surface area contributed by atoms with E-state index in [0.29, 0.717) is 37.7 Å². The molecular weight excluding hydrogens is 1320 g/mol. The highest BCUT2D eigenvalue weighted by atomic mass is 16.7. The van der Waals surface area contributed by atoms with Crippen molar-refractivity contribution in [2.24, 2.45) is 34.3 Å². The molecule has 14 atom stereocenters. The quantitative estimate of drug-likeness (QED) is 0.0132. The maximum Gasteiger partial charge on any atom is 0.509 e. The first kappa shape index (κ1) is 78.6. The molecule has 28 heteroatoms. The molecule has 3 aliphatic carbocycles. The number of nitrogens with zero attached hydrogens (tertiary/aromatic N) is 1. The largest absolute Gasteiger partial charge is 0.509 e. The van der Waals surface area contributed by atoms with Crippen LogP contribution in [0.3, 0.4) is 0 Å². The average molecular weight is 1420 g/mol. The number of amides is 7. The zero-order valence-corrected chi connectivity index (χ0v) is 59.5. The minimum absolute atomic E-state index is 0.00356. The van der Waals surface area contributed by atoms with Gasteiger partial charge in [-0.15, -0.1) is 0 Å². The second-order valence-corrected chi connectivity index (χ2v) is 29.3. The van der Waals surface area contributed by atoms with E-state index < -0.39 is 167 Å². The van der Waals surface area contributed by atoms with Crippen LogP contribution in [-0.2, 0) is 82.9 Å². The maximum atomic E-state index is 15.4. The van der Waals surface area contributed by atoms with Crippen molar-refractivity contribution in [2.45, 2.75) is 225 Å². The molecule has 0 spiro atoms. The van der Waals surface area contributed by atoms with Crippen molar-refractivity contribution < 1.29 is 106 Å². The Labute approximate surface area is 592 Å². The lowest BCUT2D eigenvalue weighted by molar-refractivity contribution is -0.346. The second kappa shape index (κ2) is 32.5. The molecule has 4 fully saturated rings. The summed E-state index contributed by atoms with van der Waals surface area (Å²) in [6.07, 6.45) is -11.8. The Bertz CT molecular complexity index is 3670. The van der Waals surface area contributed by atoms with Gasteiger partial charge >= 0.3 is 30.2 Å². The number of ketones is 1. The molecule has 0 radical (unpaired) electrons. The highest BCUT2D eigenvalue weighted by Gasteiger charge is 2.78. The van der Waals surface area contributed by atoms with Gasteiger partial charge in [-0.1, -0.05) is 108 Å². The number of fused-ring (bicyclic) bond motifs is 5. The Morgan fingerprint density at radius 2 is 1.45 bits per heavy atom. The molecular formula is C74H96N6O22. The molecule has 1 unspecified atom stereocenters. The van der Waals surface area contributed by atoms with E-state index in [1.807, 2.05) is 0 Å². The number of likely N-dealkylation sites (tertiary alicyclic amines) is 1. The third-order valence-corrected chi connectivity index (χ3v) is 20.2. The Morgan fingerprint density at radius 1 is 0.804 bits per heavy atom. The average Bonchev–Trinajstić information content (AvgIpc) is 0.708. The van der Waals surface area contributed by atoms with Crippen LogP contribution in [0.2, 0.25) is 0 Å². The zero-order chi connectivity index (χ0) is 75.0. The van der Waals surface area contributed by atoms with Crippen LogP contribution in [-0.4, -0.2) is 170 Å². The molecule has 2 bridgehead atoms. The number of carbonyl (C=O) groups is 12. The first-order valence-electron chi connectivity index (χ1n) is 34.6. The second-order valence-electron chi connectivity index (χ2n) is 29.3. The van der Waals surface area contributed by atoms with Crippen LogP contribution < -0.4 is 27.0 Å². The molecule has 2 heterocycles. The van der Waals surface area contributed by atoms with Gasteiger partial charge in [0.15, 0.2) is 11.4 Å². The fourth-order valence-corrected chi connectivity index (χ4v) is 14.6. The fraction of sp³-hybridized carbons (Fsp3) is 0.568. The van der Waals surface area contributed by atoms with Crippen LogP contribution in [0.15, 0.2) is 96.1 Å². The van der Waals surface area contributed by atoms with E-state index >= 15 is 9.59 Å². The van der Waals surface area contributed by atoms with Crippen LogP contribution in [0, 0.1) is 28.6 Å². The van der Waals surface area contributed by atoms with Gasteiger partial charge in [0.1, 0.15) is 60.4 Å².